The normalized spacial score (nSPS) is 23.9. The number of alkyl halides is 1. The number of aromatic nitrogens is 2. The summed E-state index contributed by atoms with van der Waals surface area (Å²) in [7, 11) is 0. The average Bonchev–Trinajstić information content (AvgIpc) is 2.77. The minimum atomic E-state index is 0.497. The van der Waals surface area contributed by atoms with Crippen LogP contribution in [-0.2, 0) is 12.4 Å². The van der Waals surface area contributed by atoms with Crippen LogP contribution in [0.4, 0.5) is 0 Å². The molecule has 2 aromatic rings. The molecule has 3 rings (SSSR count). The van der Waals surface area contributed by atoms with Crippen LogP contribution in [0.5, 0.6) is 0 Å². The third-order valence-corrected chi connectivity index (χ3v) is 4.58. The Labute approximate surface area is 119 Å². The second kappa shape index (κ2) is 5.54. The van der Waals surface area contributed by atoms with Crippen LogP contribution in [0.2, 0.25) is 0 Å². The highest BCUT2D eigenvalue weighted by Crippen LogP contribution is 2.31. The van der Waals surface area contributed by atoms with E-state index in [1.54, 1.807) is 0 Å². The summed E-state index contributed by atoms with van der Waals surface area (Å²) in [4.78, 5) is 4.65. The van der Waals surface area contributed by atoms with Gasteiger partial charge in [-0.1, -0.05) is 31.9 Å². The van der Waals surface area contributed by atoms with Crippen LogP contribution in [-0.4, -0.2) is 9.55 Å². The van der Waals surface area contributed by atoms with Crippen molar-refractivity contribution in [2.24, 2.45) is 11.8 Å². The van der Waals surface area contributed by atoms with Gasteiger partial charge in [-0.05, 0) is 36.8 Å². The zero-order valence-corrected chi connectivity index (χ0v) is 12.2. The average molecular weight is 277 g/mol. The highest BCUT2D eigenvalue weighted by molar-refractivity contribution is 6.16. The number of fused-ring (bicyclic) bond motifs is 1. The van der Waals surface area contributed by atoms with Crippen LogP contribution in [0.15, 0.2) is 24.3 Å². The van der Waals surface area contributed by atoms with Gasteiger partial charge in [0.05, 0.1) is 16.9 Å². The Hall–Kier alpha value is -1.02. The van der Waals surface area contributed by atoms with E-state index in [1.807, 2.05) is 6.07 Å². The van der Waals surface area contributed by atoms with E-state index in [1.165, 1.54) is 31.2 Å². The summed E-state index contributed by atoms with van der Waals surface area (Å²) in [6.07, 6.45) is 5.45. The molecule has 2 unspecified atom stereocenters. The van der Waals surface area contributed by atoms with Crippen molar-refractivity contribution in [2.75, 3.05) is 0 Å². The zero-order valence-electron chi connectivity index (χ0n) is 11.5. The molecule has 0 saturated heterocycles. The molecular formula is C16H21ClN2. The molecule has 0 aliphatic heterocycles. The van der Waals surface area contributed by atoms with Gasteiger partial charge in [-0.15, -0.1) is 11.6 Å². The van der Waals surface area contributed by atoms with Gasteiger partial charge in [-0.3, -0.25) is 0 Å². The molecule has 2 atom stereocenters. The molecule has 0 radical (unpaired) electrons. The third kappa shape index (κ3) is 2.64. The van der Waals surface area contributed by atoms with Gasteiger partial charge in [0.25, 0.3) is 0 Å². The molecule has 102 valence electrons. The van der Waals surface area contributed by atoms with Crippen molar-refractivity contribution >= 4 is 22.6 Å². The van der Waals surface area contributed by atoms with Gasteiger partial charge in [-0.2, -0.15) is 0 Å². The summed E-state index contributed by atoms with van der Waals surface area (Å²) >= 11 is 6.07. The van der Waals surface area contributed by atoms with E-state index in [9.17, 15) is 0 Å². The van der Waals surface area contributed by atoms with Crippen LogP contribution in [0, 0.1) is 11.8 Å². The van der Waals surface area contributed by atoms with Crippen molar-refractivity contribution in [1.29, 1.82) is 0 Å². The number of hydrogen-bond donors (Lipinski definition) is 0. The van der Waals surface area contributed by atoms with Crippen LogP contribution < -0.4 is 0 Å². The summed E-state index contributed by atoms with van der Waals surface area (Å²) in [6, 6.07) is 8.36. The number of imidazole rings is 1. The number of para-hydroxylation sites is 2. The van der Waals surface area contributed by atoms with Crippen LogP contribution in [0.3, 0.4) is 0 Å². The second-order valence-corrected chi connectivity index (χ2v) is 6.17. The smallest absolute Gasteiger partial charge is 0.124 e. The molecule has 1 aromatic carbocycles. The predicted molar refractivity (Wildman–Crippen MR) is 80.4 cm³/mol. The Balaban J connectivity index is 1.90. The molecule has 3 heteroatoms. The van der Waals surface area contributed by atoms with Gasteiger partial charge in [0.2, 0.25) is 0 Å². The molecular weight excluding hydrogens is 256 g/mol. The molecule has 1 aromatic heterocycles. The molecule has 1 saturated carbocycles. The molecule has 0 bridgehead atoms. The standard InChI is InChI=1S/C16H21ClN2/c1-12-5-4-6-13(9-12)11-19-15-8-3-2-7-14(15)18-16(19)10-17/h2-3,7-8,12-13H,4-6,9-11H2,1H3. The Kier molecular flexibility index (Phi) is 3.79. The van der Waals surface area contributed by atoms with Crippen LogP contribution in [0.1, 0.15) is 38.4 Å². The van der Waals surface area contributed by atoms with Gasteiger partial charge in [0.15, 0.2) is 0 Å². The highest BCUT2D eigenvalue weighted by atomic mass is 35.5. The molecule has 0 amide bonds. The Bertz CT molecular complexity index is 561. The summed E-state index contributed by atoms with van der Waals surface area (Å²) in [5, 5.41) is 0. The van der Waals surface area contributed by atoms with E-state index in [2.05, 4.69) is 34.7 Å². The van der Waals surface area contributed by atoms with Gasteiger partial charge in [0, 0.05) is 6.54 Å². The number of halogens is 1. The fourth-order valence-corrected chi connectivity index (χ4v) is 3.62. The summed E-state index contributed by atoms with van der Waals surface area (Å²) in [5.41, 5.74) is 2.30. The lowest BCUT2D eigenvalue weighted by Gasteiger charge is -2.27. The summed E-state index contributed by atoms with van der Waals surface area (Å²) in [6.45, 7) is 3.45. The monoisotopic (exact) mass is 276 g/mol. The third-order valence-electron chi connectivity index (χ3n) is 4.34. The lowest BCUT2D eigenvalue weighted by molar-refractivity contribution is 0.257. The largest absolute Gasteiger partial charge is 0.327 e. The van der Waals surface area contributed by atoms with E-state index in [-0.39, 0.29) is 0 Å². The highest BCUT2D eigenvalue weighted by Gasteiger charge is 2.21. The molecule has 1 fully saturated rings. The lowest BCUT2D eigenvalue weighted by atomic mass is 9.82. The number of nitrogens with zero attached hydrogens (tertiary/aromatic N) is 2. The van der Waals surface area contributed by atoms with E-state index in [0.29, 0.717) is 5.88 Å². The molecule has 1 aliphatic rings. The van der Waals surface area contributed by atoms with Crippen molar-refractivity contribution in [3.63, 3.8) is 0 Å². The van der Waals surface area contributed by atoms with Gasteiger partial charge < -0.3 is 4.57 Å². The quantitative estimate of drug-likeness (QED) is 0.749. The minimum Gasteiger partial charge on any atom is -0.327 e. The second-order valence-electron chi connectivity index (χ2n) is 5.90. The Morgan fingerprint density at radius 1 is 1.32 bits per heavy atom. The number of benzene rings is 1. The Morgan fingerprint density at radius 3 is 2.95 bits per heavy atom. The molecule has 0 N–H and O–H groups in total. The van der Waals surface area contributed by atoms with E-state index in [4.69, 9.17) is 11.6 Å². The SMILES string of the molecule is CC1CCCC(Cn2c(CCl)nc3ccccc32)C1. The van der Waals surface area contributed by atoms with Crippen molar-refractivity contribution < 1.29 is 0 Å². The lowest BCUT2D eigenvalue weighted by Crippen LogP contribution is -2.19. The molecule has 1 heterocycles. The minimum absolute atomic E-state index is 0.497. The fourth-order valence-electron chi connectivity index (χ4n) is 3.41. The maximum atomic E-state index is 6.07. The first-order valence-electron chi connectivity index (χ1n) is 7.28. The molecule has 1 aliphatic carbocycles. The summed E-state index contributed by atoms with van der Waals surface area (Å²) in [5.74, 6) is 3.16. The predicted octanol–water partition coefficient (Wildman–Crippen LogP) is 4.60. The molecule has 2 nitrogen and oxygen atoms in total. The van der Waals surface area contributed by atoms with E-state index < -0.39 is 0 Å². The van der Waals surface area contributed by atoms with Gasteiger partial charge >= 0.3 is 0 Å². The fraction of sp³-hybridized carbons (Fsp3) is 0.562. The van der Waals surface area contributed by atoms with Crippen molar-refractivity contribution in [1.82, 2.24) is 9.55 Å². The first-order valence-corrected chi connectivity index (χ1v) is 7.81. The first kappa shape index (κ1) is 13.0. The van der Waals surface area contributed by atoms with Gasteiger partial charge in [-0.25, -0.2) is 4.98 Å². The van der Waals surface area contributed by atoms with Crippen molar-refractivity contribution in [3.05, 3.63) is 30.1 Å². The molecule has 0 spiro atoms. The topological polar surface area (TPSA) is 17.8 Å². The van der Waals surface area contributed by atoms with E-state index >= 15 is 0 Å². The maximum Gasteiger partial charge on any atom is 0.124 e. The van der Waals surface area contributed by atoms with E-state index in [0.717, 1.165) is 29.7 Å². The molecule has 19 heavy (non-hydrogen) atoms. The van der Waals surface area contributed by atoms with Crippen molar-refractivity contribution in [2.45, 2.75) is 45.0 Å². The van der Waals surface area contributed by atoms with Crippen molar-refractivity contribution in [3.8, 4) is 0 Å². The summed E-state index contributed by atoms with van der Waals surface area (Å²) < 4.78 is 2.34. The van der Waals surface area contributed by atoms with Crippen LogP contribution >= 0.6 is 11.6 Å². The number of rotatable bonds is 3. The zero-order chi connectivity index (χ0) is 13.2. The van der Waals surface area contributed by atoms with Crippen LogP contribution in [0.25, 0.3) is 11.0 Å². The van der Waals surface area contributed by atoms with Gasteiger partial charge in [0.1, 0.15) is 5.82 Å². The first-order chi connectivity index (χ1) is 9.28. The number of hydrogen-bond acceptors (Lipinski definition) is 1. The Morgan fingerprint density at radius 2 is 2.16 bits per heavy atom. The maximum absolute atomic E-state index is 6.07.